The Hall–Kier alpha value is -2.38. The van der Waals surface area contributed by atoms with Gasteiger partial charge in [-0.2, -0.15) is 5.10 Å². The highest BCUT2D eigenvalue weighted by molar-refractivity contribution is 9.11. The van der Waals surface area contributed by atoms with E-state index in [1.165, 1.54) is 11.6 Å². The van der Waals surface area contributed by atoms with Crippen LogP contribution in [0.2, 0.25) is 0 Å². The van der Waals surface area contributed by atoms with Gasteiger partial charge in [0.2, 0.25) is 5.91 Å². The molecule has 0 unspecified atom stereocenters. The predicted octanol–water partition coefficient (Wildman–Crippen LogP) is 5.02. The zero-order chi connectivity index (χ0) is 19.2. The normalized spacial score (nSPS) is 11.0. The largest absolute Gasteiger partial charge is 0.506 e. The van der Waals surface area contributed by atoms with Crippen molar-refractivity contribution in [3.8, 4) is 5.75 Å². The van der Waals surface area contributed by atoms with E-state index in [4.69, 9.17) is 0 Å². The summed E-state index contributed by atoms with van der Waals surface area (Å²) in [6.07, 6.45) is 1.82. The first kappa shape index (κ1) is 19.4. The van der Waals surface area contributed by atoms with Crippen LogP contribution < -0.4 is 10.7 Å². The first-order valence-corrected chi connectivity index (χ1v) is 9.84. The van der Waals surface area contributed by atoms with Gasteiger partial charge in [-0.15, -0.1) is 0 Å². The molecule has 0 fully saturated rings. The van der Waals surface area contributed by atoms with Crippen LogP contribution in [0.3, 0.4) is 0 Å². The monoisotopic (exact) mass is 489 g/mol. The SMILES string of the molecule is O=C(CCNc1ccc2ccccc2c1)N/N=C/c1cc(Br)c(O)c(Br)c1. The Balaban J connectivity index is 1.48. The number of phenolic OH excluding ortho intramolecular Hbond substituents is 1. The third-order valence-electron chi connectivity index (χ3n) is 3.87. The molecule has 0 bridgehead atoms. The number of carbonyl (C=O) groups is 1. The second kappa shape index (κ2) is 9.01. The Labute approximate surface area is 173 Å². The van der Waals surface area contributed by atoms with E-state index >= 15 is 0 Å². The Morgan fingerprint density at radius 1 is 1.04 bits per heavy atom. The molecule has 5 nitrogen and oxygen atoms in total. The number of benzene rings is 3. The summed E-state index contributed by atoms with van der Waals surface area (Å²) >= 11 is 6.50. The average molecular weight is 491 g/mol. The Bertz CT molecular complexity index is 982. The molecular weight excluding hydrogens is 474 g/mol. The van der Waals surface area contributed by atoms with Crippen molar-refractivity contribution in [3.63, 3.8) is 0 Å². The fourth-order valence-corrected chi connectivity index (χ4v) is 3.74. The number of rotatable bonds is 6. The number of fused-ring (bicyclic) bond motifs is 1. The molecular formula is C20H17Br2N3O2. The standard InChI is InChI=1S/C20H17Br2N3O2/c21-17-9-13(10-18(22)20(17)27)12-24-25-19(26)7-8-23-16-6-5-14-3-1-2-4-15(14)11-16/h1-6,9-12,23,27H,7-8H2,(H,25,26)/b24-12+. The highest BCUT2D eigenvalue weighted by Crippen LogP contribution is 2.32. The van der Waals surface area contributed by atoms with E-state index in [-0.39, 0.29) is 11.7 Å². The summed E-state index contributed by atoms with van der Waals surface area (Å²) in [5.74, 6) is -0.0626. The molecule has 27 heavy (non-hydrogen) atoms. The van der Waals surface area contributed by atoms with Crippen LogP contribution in [0.1, 0.15) is 12.0 Å². The van der Waals surface area contributed by atoms with Gasteiger partial charge in [-0.3, -0.25) is 4.79 Å². The molecule has 0 spiro atoms. The Morgan fingerprint density at radius 2 is 1.74 bits per heavy atom. The molecule has 0 saturated carbocycles. The number of carbonyl (C=O) groups excluding carboxylic acids is 1. The lowest BCUT2D eigenvalue weighted by atomic mass is 10.1. The lowest BCUT2D eigenvalue weighted by Gasteiger charge is -2.07. The van der Waals surface area contributed by atoms with E-state index in [1.807, 2.05) is 18.2 Å². The number of amides is 1. The van der Waals surface area contributed by atoms with E-state index in [0.717, 1.165) is 16.6 Å². The van der Waals surface area contributed by atoms with E-state index < -0.39 is 0 Å². The highest BCUT2D eigenvalue weighted by atomic mass is 79.9. The second-order valence-corrected chi connectivity index (χ2v) is 7.57. The van der Waals surface area contributed by atoms with Gasteiger partial charge in [0.05, 0.1) is 15.2 Å². The Morgan fingerprint density at radius 3 is 2.48 bits per heavy atom. The number of nitrogens with zero attached hydrogens (tertiary/aromatic N) is 1. The lowest BCUT2D eigenvalue weighted by Crippen LogP contribution is -2.20. The maximum Gasteiger partial charge on any atom is 0.241 e. The maximum atomic E-state index is 11.9. The number of hydrogen-bond acceptors (Lipinski definition) is 4. The summed E-state index contributed by atoms with van der Waals surface area (Å²) in [4.78, 5) is 11.9. The zero-order valence-corrected chi connectivity index (χ0v) is 17.4. The third-order valence-corrected chi connectivity index (χ3v) is 5.08. The summed E-state index contributed by atoms with van der Waals surface area (Å²) < 4.78 is 1.09. The fourth-order valence-electron chi connectivity index (χ4n) is 2.51. The van der Waals surface area contributed by atoms with Crippen LogP contribution in [-0.2, 0) is 4.79 Å². The summed E-state index contributed by atoms with van der Waals surface area (Å²) in [7, 11) is 0. The third kappa shape index (κ3) is 5.30. The number of phenols is 1. The van der Waals surface area contributed by atoms with Crippen molar-refractivity contribution in [3.05, 3.63) is 69.1 Å². The minimum atomic E-state index is -0.184. The van der Waals surface area contributed by atoms with Gasteiger partial charge in [0.15, 0.2) is 0 Å². The summed E-state index contributed by atoms with van der Waals surface area (Å²) in [6.45, 7) is 0.510. The van der Waals surface area contributed by atoms with Crippen LogP contribution >= 0.6 is 31.9 Å². The molecule has 3 aromatic carbocycles. The zero-order valence-electron chi connectivity index (χ0n) is 14.2. The van der Waals surface area contributed by atoms with Gasteiger partial charge in [0, 0.05) is 18.7 Å². The summed E-state index contributed by atoms with van der Waals surface area (Å²) in [5.41, 5.74) is 4.21. The molecule has 0 heterocycles. The van der Waals surface area contributed by atoms with Crippen molar-refractivity contribution in [1.29, 1.82) is 0 Å². The van der Waals surface area contributed by atoms with E-state index in [1.54, 1.807) is 12.1 Å². The number of hydrogen-bond donors (Lipinski definition) is 3. The van der Waals surface area contributed by atoms with Gasteiger partial charge in [-0.25, -0.2) is 5.43 Å². The highest BCUT2D eigenvalue weighted by Gasteiger charge is 2.05. The van der Waals surface area contributed by atoms with Crippen molar-refractivity contribution in [2.45, 2.75) is 6.42 Å². The van der Waals surface area contributed by atoms with E-state index in [2.05, 4.69) is 72.0 Å². The summed E-state index contributed by atoms with van der Waals surface area (Å²) in [5, 5.41) is 19.2. The van der Waals surface area contributed by atoms with Gasteiger partial charge >= 0.3 is 0 Å². The molecule has 3 rings (SSSR count). The van der Waals surface area contributed by atoms with E-state index in [9.17, 15) is 9.90 Å². The lowest BCUT2D eigenvalue weighted by molar-refractivity contribution is -0.120. The van der Waals surface area contributed by atoms with Crippen LogP contribution in [0.5, 0.6) is 5.75 Å². The van der Waals surface area contributed by atoms with Crippen LogP contribution in [0.15, 0.2) is 68.6 Å². The van der Waals surface area contributed by atoms with Gasteiger partial charge in [0.25, 0.3) is 0 Å². The molecule has 0 saturated heterocycles. The van der Waals surface area contributed by atoms with Gasteiger partial charge in [0.1, 0.15) is 5.75 Å². The average Bonchev–Trinajstić information content (AvgIpc) is 2.66. The van der Waals surface area contributed by atoms with Crippen LogP contribution in [0.4, 0.5) is 5.69 Å². The van der Waals surface area contributed by atoms with Crippen LogP contribution in [-0.4, -0.2) is 23.8 Å². The number of aromatic hydroxyl groups is 1. The molecule has 1 amide bonds. The molecule has 7 heteroatoms. The Kier molecular flexibility index (Phi) is 6.47. The molecule has 3 aromatic rings. The maximum absolute atomic E-state index is 11.9. The molecule has 0 aliphatic rings. The van der Waals surface area contributed by atoms with Crippen LogP contribution in [0.25, 0.3) is 10.8 Å². The van der Waals surface area contributed by atoms with Gasteiger partial charge in [-0.05, 0) is 72.5 Å². The summed E-state index contributed by atoms with van der Waals surface area (Å²) in [6, 6.07) is 17.7. The van der Waals surface area contributed by atoms with Crippen molar-refractivity contribution in [2.24, 2.45) is 5.10 Å². The van der Waals surface area contributed by atoms with Crippen molar-refractivity contribution in [2.75, 3.05) is 11.9 Å². The van der Waals surface area contributed by atoms with Crippen molar-refractivity contribution < 1.29 is 9.90 Å². The molecule has 0 radical (unpaired) electrons. The number of anilines is 1. The van der Waals surface area contributed by atoms with Gasteiger partial charge in [-0.1, -0.05) is 30.3 Å². The molecule has 0 atom stereocenters. The minimum absolute atomic E-state index is 0.121. The fraction of sp³-hybridized carbons (Fsp3) is 0.100. The first-order chi connectivity index (χ1) is 13.0. The number of hydrazone groups is 1. The molecule has 138 valence electrons. The minimum Gasteiger partial charge on any atom is -0.506 e. The molecule has 0 aliphatic heterocycles. The molecule has 3 N–H and O–H groups in total. The number of nitrogens with one attached hydrogen (secondary N) is 2. The number of halogens is 2. The molecule has 0 aliphatic carbocycles. The second-order valence-electron chi connectivity index (χ2n) is 5.87. The molecule has 0 aromatic heterocycles. The van der Waals surface area contributed by atoms with Gasteiger partial charge < -0.3 is 10.4 Å². The topological polar surface area (TPSA) is 73.7 Å². The van der Waals surface area contributed by atoms with Crippen LogP contribution in [0, 0.1) is 0 Å². The first-order valence-electron chi connectivity index (χ1n) is 8.25. The van der Waals surface area contributed by atoms with Crippen molar-refractivity contribution in [1.82, 2.24) is 5.43 Å². The quantitative estimate of drug-likeness (QED) is 0.335. The smallest absolute Gasteiger partial charge is 0.241 e. The van der Waals surface area contributed by atoms with E-state index in [0.29, 0.717) is 21.9 Å². The predicted molar refractivity (Wildman–Crippen MR) is 116 cm³/mol. The van der Waals surface area contributed by atoms with Crippen molar-refractivity contribution >= 4 is 60.4 Å².